The van der Waals surface area contributed by atoms with Gasteiger partial charge in [-0.25, -0.2) is 4.79 Å². The van der Waals surface area contributed by atoms with Gasteiger partial charge in [-0.15, -0.1) is 0 Å². The van der Waals surface area contributed by atoms with Crippen LogP contribution in [0.4, 0.5) is 0 Å². The molecule has 3 nitrogen and oxygen atoms in total. The second-order valence-corrected chi connectivity index (χ2v) is 5.59. The summed E-state index contributed by atoms with van der Waals surface area (Å²) >= 11 is 0. The summed E-state index contributed by atoms with van der Waals surface area (Å²) in [5.74, 6) is -0.148. The lowest BCUT2D eigenvalue weighted by Gasteiger charge is -2.21. The van der Waals surface area contributed by atoms with E-state index < -0.39 is 5.97 Å². The average Bonchev–Trinajstić information content (AvgIpc) is 2.38. The van der Waals surface area contributed by atoms with Gasteiger partial charge in [0, 0.05) is 0 Å². The first-order valence-electron chi connectivity index (χ1n) is 6.48. The lowest BCUT2D eigenvalue weighted by Crippen LogP contribution is -2.22. The lowest BCUT2D eigenvalue weighted by molar-refractivity contribution is 0.0697. The van der Waals surface area contributed by atoms with Crippen molar-refractivity contribution in [3.05, 3.63) is 54.1 Å². The van der Waals surface area contributed by atoms with E-state index >= 15 is 0 Å². The third-order valence-electron chi connectivity index (χ3n) is 2.75. The van der Waals surface area contributed by atoms with Crippen LogP contribution in [0.2, 0.25) is 0 Å². The number of aromatic carboxylic acids is 1. The molecular formula is C17H18O3. The molecule has 0 spiro atoms. The van der Waals surface area contributed by atoms with Gasteiger partial charge in [-0.3, -0.25) is 0 Å². The van der Waals surface area contributed by atoms with E-state index in [1.165, 1.54) is 0 Å². The van der Waals surface area contributed by atoms with E-state index in [9.17, 15) is 9.90 Å². The van der Waals surface area contributed by atoms with E-state index in [0.717, 1.165) is 11.3 Å². The second kappa shape index (κ2) is 5.37. The molecule has 0 aromatic heterocycles. The van der Waals surface area contributed by atoms with Crippen LogP contribution < -0.4 is 4.74 Å². The van der Waals surface area contributed by atoms with Crippen LogP contribution in [0.5, 0.6) is 5.75 Å². The summed E-state index contributed by atoms with van der Waals surface area (Å²) in [7, 11) is 0. The minimum atomic E-state index is -0.921. The van der Waals surface area contributed by atoms with Crippen molar-refractivity contribution in [2.45, 2.75) is 26.4 Å². The van der Waals surface area contributed by atoms with Crippen LogP contribution in [-0.2, 0) is 0 Å². The Hall–Kier alpha value is -2.29. The number of benzene rings is 2. The first kappa shape index (κ1) is 14.1. The van der Waals surface area contributed by atoms with Gasteiger partial charge in [0.25, 0.3) is 0 Å². The average molecular weight is 270 g/mol. The second-order valence-electron chi connectivity index (χ2n) is 5.59. The van der Waals surface area contributed by atoms with Crippen molar-refractivity contribution in [3.63, 3.8) is 0 Å². The highest BCUT2D eigenvalue weighted by molar-refractivity contribution is 5.96. The van der Waals surface area contributed by atoms with Gasteiger partial charge in [-0.1, -0.05) is 30.3 Å². The number of rotatable bonds is 3. The lowest BCUT2D eigenvalue weighted by atomic mass is 10.00. The van der Waals surface area contributed by atoms with Gasteiger partial charge in [0.2, 0.25) is 0 Å². The van der Waals surface area contributed by atoms with Gasteiger partial charge in [-0.2, -0.15) is 0 Å². The third-order valence-corrected chi connectivity index (χ3v) is 2.75. The molecule has 0 saturated heterocycles. The van der Waals surface area contributed by atoms with Crippen molar-refractivity contribution >= 4 is 5.97 Å². The highest BCUT2D eigenvalue weighted by atomic mass is 16.5. The molecule has 0 fully saturated rings. The third kappa shape index (κ3) is 3.38. The summed E-state index contributed by atoms with van der Waals surface area (Å²) < 4.78 is 5.75. The van der Waals surface area contributed by atoms with Crippen LogP contribution in [-0.4, -0.2) is 16.7 Å². The van der Waals surface area contributed by atoms with Gasteiger partial charge in [-0.05, 0) is 50.1 Å². The normalized spacial score (nSPS) is 11.2. The highest BCUT2D eigenvalue weighted by Gasteiger charge is 2.13. The summed E-state index contributed by atoms with van der Waals surface area (Å²) in [4.78, 5) is 11.2. The summed E-state index contributed by atoms with van der Waals surface area (Å²) in [6, 6.07) is 14.5. The largest absolute Gasteiger partial charge is 0.488 e. The molecule has 1 N–H and O–H groups in total. The van der Waals surface area contributed by atoms with E-state index in [2.05, 4.69) is 0 Å². The minimum Gasteiger partial charge on any atom is -0.488 e. The molecular weight excluding hydrogens is 252 g/mol. The molecule has 0 unspecified atom stereocenters. The van der Waals surface area contributed by atoms with E-state index in [1.54, 1.807) is 12.1 Å². The maximum atomic E-state index is 11.2. The van der Waals surface area contributed by atoms with Crippen LogP contribution >= 0.6 is 0 Å². The molecule has 0 aliphatic carbocycles. The first-order chi connectivity index (χ1) is 9.37. The Morgan fingerprint density at radius 2 is 1.60 bits per heavy atom. The maximum absolute atomic E-state index is 11.2. The van der Waals surface area contributed by atoms with Gasteiger partial charge in [0.15, 0.2) is 0 Å². The molecule has 0 bridgehead atoms. The summed E-state index contributed by atoms with van der Waals surface area (Å²) in [5, 5.41) is 9.21. The Bertz CT molecular complexity index is 607. The minimum absolute atomic E-state index is 0.250. The van der Waals surface area contributed by atoms with E-state index in [-0.39, 0.29) is 5.60 Å². The molecule has 2 aromatic carbocycles. The zero-order chi connectivity index (χ0) is 14.8. The van der Waals surface area contributed by atoms with Crippen LogP contribution in [0.3, 0.4) is 0 Å². The van der Waals surface area contributed by atoms with E-state index in [0.29, 0.717) is 11.1 Å². The maximum Gasteiger partial charge on any atom is 0.336 e. The Labute approximate surface area is 118 Å². The van der Waals surface area contributed by atoms with Gasteiger partial charge >= 0.3 is 5.97 Å². The SMILES string of the molecule is CC(C)(C)Oc1ccc(-c2ccccc2C(=O)O)cc1. The zero-order valence-electron chi connectivity index (χ0n) is 11.9. The molecule has 0 saturated carbocycles. The number of hydrogen-bond acceptors (Lipinski definition) is 2. The van der Waals surface area contributed by atoms with Crippen molar-refractivity contribution in [2.75, 3.05) is 0 Å². The van der Waals surface area contributed by atoms with Crippen LogP contribution in [0.15, 0.2) is 48.5 Å². The van der Waals surface area contributed by atoms with Crippen molar-refractivity contribution in [3.8, 4) is 16.9 Å². The molecule has 3 heteroatoms. The Morgan fingerprint density at radius 1 is 1.00 bits per heavy atom. The summed E-state index contributed by atoms with van der Waals surface area (Å²) in [6.07, 6.45) is 0. The molecule has 0 radical (unpaired) electrons. The summed E-state index contributed by atoms with van der Waals surface area (Å²) in [6.45, 7) is 5.96. The molecule has 0 atom stereocenters. The van der Waals surface area contributed by atoms with Gasteiger partial charge in [0.1, 0.15) is 11.4 Å². The Morgan fingerprint density at radius 3 is 2.15 bits per heavy atom. The Balaban J connectivity index is 2.33. The first-order valence-corrected chi connectivity index (χ1v) is 6.48. The molecule has 0 amide bonds. The monoisotopic (exact) mass is 270 g/mol. The predicted octanol–water partition coefficient (Wildman–Crippen LogP) is 4.23. The topological polar surface area (TPSA) is 46.5 Å². The van der Waals surface area contributed by atoms with Crippen molar-refractivity contribution in [1.82, 2.24) is 0 Å². The molecule has 20 heavy (non-hydrogen) atoms. The number of ether oxygens (including phenoxy) is 1. The van der Waals surface area contributed by atoms with Crippen LogP contribution in [0.25, 0.3) is 11.1 Å². The van der Waals surface area contributed by atoms with E-state index in [4.69, 9.17) is 4.74 Å². The fourth-order valence-corrected chi connectivity index (χ4v) is 1.98. The Kier molecular flexibility index (Phi) is 3.79. The van der Waals surface area contributed by atoms with E-state index in [1.807, 2.05) is 57.2 Å². The summed E-state index contributed by atoms with van der Waals surface area (Å²) in [5.41, 5.74) is 1.63. The number of carboxylic acid groups (broad SMARTS) is 1. The predicted molar refractivity (Wildman–Crippen MR) is 79.2 cm³/mol. The molecule has 104 valence electrons. The quantitative estimate of drug-likeness (QED) is 0.907. The highest BCUT2D eigenvalue weighted by Crippen LogP contribution is 2.27. The number of hydrogen-bond donors (Lipinski definition) is 1. The molecule has 2 rings (SSSR count). The van der Waals surface area contributed by atoms with Crippen LogP contribution in [0.1, 0.15) is 31.1 Å². The fourth-order valence-electron chi connectivity index (χ4n) is 1.98. The zero-order valence-corrected chi connectivity index (χ0v) is 11.9. The fraction of sp³-hybridized carbons (Fsp3) is 0.235. The number of carbonyl (C=O) groups is 1. The van der Waals surface area contributed by atoms with Crippen molar-refractivity contribution in [1.29, 1.82) is 0 Å². The van der Waals surface area contributed by atoms with Crippen molar-refractivity contribution in [2.24, 2.45) is 0 Å². The molecule has 0 aliphatic heterocycles. The van der Waals surface area contributed by atoms with Crippen molar-refractivity contribution < 1.29 is 14.6 Å². The molecule has 0 aliphatic rings. The van der Waals surface area contributed by atoms with Gasteiger partial charge < -0.3 is 9.84 Å². The smallest absolute Gasteiger partial charge is 0.336 e. The molecule has 0 heterocycles. The number of carboxylic acids is 1. The van der Waals surface area contributed by atoms with Gasteiger partial charge in [0.05, 0.1) is 5.56 Å². The standard InChI is InChI=1S/C17H18O3/c1-17(2,3)20-13-10-8-12(9-11-13)14-6-4-5-7-15(14)16(18)19/h4-11H,1-3H3,(H,18,19). The van der Waals surface area contributed by atoms with Crippen LogP contribution in [0, 0.1) is 0 Å². The molecule has 2 aromatic rings.